The van der Waals surface area contributed by atoms with E-state index in [1.54, 1.807) is 28.1 Å². The average Bonchev–Trinajstić information content (AvgIpc) is 2.38. The lowest BCUT2D eigenvalue weighted by atomic mass is 10.2. The van der Waals surface area contributed by atoms with Gasteiger partial charge in [0.2, 0.25) is 5.91 Å². The van der Waals surface area contributed by atoms with Crippen LogP contribution in [-0.4, -0.2) is 52.3 Å². The molecule has 0 N–H and O–H groups in total. The van der Waals surface area contributed by atoms with Crippen molar-refractivity contribution in [2.45, 2.75) is 19.9 Å². The molecule has 18 heavy (non-hydrogen) atoms. The highest BCUT2D eigenvalue weighted by molar-refractivity contribution is 5.96. The molecule has 1 aliphatic heterocycles. The maximum atomic E-state index is 12.1. The van der Waals surface area contributed by atoms with Crippen LogP contribution in [0.3, 0.4) is 0 Å². The van der Waals surface area contributed by atoms with Gasteiger partial charge in [-0.25, -0.2) is 0 Å². The molecule has 0 aliphatic carbocycles. The summed E-state index contributed by atoms with van der Waals surface area (Å²) in [5.74, 6) is -0.117. The highest BCUT2D eigenvalue weighted by Crippen LogP contribution is 2.10. The number of carbonyl (C=O) groups is 2. The summed E-state index contributed by atoms with van der Waals surface area (Å²) < 4.78 is 0. The fraction of sp³-hybridized carbons (Fsp3) is 0.462. The Morgan fingerprint density at radius 3 is 2.72 bits per heavy atom. The van der Waals surface area contributed by atoms with Crippen LogP contribution in [0.1, 0.15) is 24.2 Å². The van der Waals surface area contributed by atoms with E-state index in [9.17, 15) is 9.59 Å². The van der Waals surface area contributed by atoms with E-state index in [0.717, 1.165) is 0 Å². The summed E-state index contributed by atoms with van der Waals surface area (Å²) in [6.45, 7) is 5.30. The Kier molecular flexibility index (Phi) is 3.60. The monoisotopic (exact) mass is 247 g/mol. The van der Waals surface area contributed by atoms with Crippen molar-refractivity contribution < 1.29 is 9.59 Å². The van der Waals surface area contributed by atoms with E-state index in [4.69, 9.17) is 0 Å². The number of pyridine rings is 1. The summed E-state index contributed by atoms with van der Waals surface area (Å²) in [7, 11) is 0. The van der Waals surface area contributed by atoms with Crippen molar-refractivity contribution >= 4 is 11.8 Å². The van der Waals surface area contributed by atoms with Crippen LogP contribution < -0.4 is 0 Å². The average molecular weight is 247 g/mol. The van der Waals surface area contributed by atoms with E-state index in [2.05, 4.69) is 4.98 Å². The molecule has 5 heteroatoms. The van der Waals surface area contributed by atoms with Gasteiger partial charge in [-0.1, -0.05) is 0 Å². The second-order valence-corrected chi connectivity index (χ2v) is 4.65. The standard InChI is InChI=1S/C13H17N3O2/c1-10(2)16-7-6-15(9-12(16)17)13(18)11-4-3-5-14-8-11/h3-5,8,10H,6-7,9H2,1-2H3. The molecule has 1 aromatic rings. The maximum absolute atomic E-state index is 12.1. The lowest BCUT2D eigenvalue weighted by molar-refractivity contribution is -0.136. The zero-order valence-corrected chi connectivity index (χ0v) is 10.7. The van der Waals surface area contributed by atoms with E-state index >= 15 is 0 Å². The van der Waals surface area contributed by atoms with Crippen LogP contribution in [0.15, 0.2) is 24.5 Å². The number of aromatic nitrogens is 1. The predicted molar refractivity (Wildman–Crippen MR) is 67.0 cm³/mol. The van der Waals surface area contributed by atoms with Gasteiger partial charge in [0.25, 0.3) is 5.91 Å². The Morgan fingerprint density at radius 2 is 2.17 bits per heavy atom. The molecule has 0 radical (unpaired) electrons. The molecule has 2 heterocycles. The summed E-state index contributed by atoms with van der Waals surface area (Å²) in [4.78, 5) is 31.3. The van der Waals surface area contributed by atoms with Crippen molar-refractivity contribution in [1.82, 2.24) is 14.8 Å². The molecule has 2 rings (SSSR count). The van der Waals surface area contributed by atoms with Gasteiger partial charge < -0.3 is 9.80 Å². The predicted octanol–water partition coefficient (Wildman–Crippen LogP) is 0.774. The molecule has 0 aromatic carbocycles. The minimum atomic E-state index is -0.125. The molecule has 96 valence electrons. The van der Waals surface area contributed by atoms with Crippen LogP contribution in [0.2, 0.25) is 0 Å². The third-order valence-corrected chi connectivity index (χ3v) is 3.08. The van der Waals surface area contributed by atoms with Crippen molar-refractivity contribution in [2.75, 3.05) is 19.6 Å². The van der Waals surface area contributed by atoms with Gasteiger partial charge in [-0.2, -0.15) is 0 Å². The molecule has 2 amide bonds. The van der Waals surface area contributed by atoms with Crippen molar-refractivity contribution in [3.8, 4) is 0 Å². The molecule has 0 atom stereocenters. The first kappa shape index (κ1) is 12.5. The Morgan fingerprint density at radius 1 is 1.39 bits per heavy atom. The first-order valence-electron chi connectivity index (χ1n) is 6.08. The number of amides is 2. The van der Waals surface area contributed by atoms with E-state index in [1.807, 2.05) is 13.8 Å². The minimum Gasteiger partial charge on any atom is -0.337 e. The van der Waals surface area contributed by atoms with Crippen molar-refractivity contribution in [3.63, 3.8) is 0 Å². The van der Waals surface area contributed by atoms with Gasteiger partial charge in [-0.15, -0.1) is 0 Å². The number of nitrogens with zero attached hydrogens (tertiary/aromatic N) is 3. The second kappa shape index (κ2) is 5.16. The highest BCUT2D eigenvalue weighted by Gasteiger charge is 2.28. The Bertz CT molecular complexity index is 445. The molecule has 0 bridgehead atoms. The number of carbonyl (C=O) groups excluding carboxylic acids is 2. The molecule has 0 saturated carbocycles. The molecular formula is C13H17N3O2. The van der Waals surface area contributed by atoms with Gasteiger partial charge in [0.05, 0.1) is 5.56 Å². The van der Waals surface area contributed by atoms with Gasteiger partial charge in [0, 0.05) is 31.5 Å². The van der Waals surface area contributed by atoms with Gasteiger partial charge in [0.15, 0.2) is 0 Å². The first-order chi connectivity index (χ1) is 8.59. The highest BCUT2D eigenvalue weighted by atomic mass is 16.2. The quantitative estimate of drug-likeness (QED) is 0.776. The Balaban J connectivity index is 2.05. The van der Waals surface area contributed by atoms with Crippen LogP contribution in [-0.2, 0) is 4.79 Å². The summed E-state index contributed by atoms with van der Waals surface area (Å²) >= 11 is 0. The fourth-order valence-electron chi connectivity index (χ4n) is 2.08. The molecule has 0 spiro atoms. The Labute approximate surface area is 106 Å². The summed E-state index contributed by atoms with van der Waals surface area (Å²) in [5.41, 5.74) is 0.531. The largest absolute Gasteiger partial charge is 0.337 e. The van der Waals surface area contributed by atoms with Crippen molar-refractivity contribution in [1.29, 1.82) is 0 Å². The third-order valence-electron chi connectivity index (χ3n) is 3.08. The molecule has 1 fully saturated rings. The van der Waals surface area contributed by atoms with Crippen LogP contribution in [0.25, 0.3) is 0 Å². The maximum Gasteiger partial charge on any atom is 0.255 e. The topological polar surface area (TPSA) is 53.5 Å². The van der Waals surface area contributed by atoms with Gasteiger partial charge in [0.1, 0.15) is 6.54 Å². The van der Waals surface area contributed by atoms with Gasteiger partial charge >= 0.3 is 0 Å². The van der Waals surface area contributed by atoms with Crippen LogP contribution in [0.5, 0.6) is 0 Å². The lowest BCUT2D eigenvalue weighted by Crippen LogP contribution is -2.54. The third kappa shape index (κ3) is 2.50. The van der Waals surface area contributed by atoms with Crippen LogP contribution in [0.4, 0.5) is 0 Å². The second-order valence-electron chi connectivity index (χ2n) is 4.65. The van der Waals surface area contributed by atoms with E-state index in [-0.39, 0.29) is 24.4 Å². The Hall–Kier alpha value is -1.91. The smallest absolute Gasteiger partial charge is 0.255 e. The molecule has 1 aliphatic rings. The molecule has 5 nitrogen and oxygen atoms in total. The van der Waals surface area contributed by atoms with E-state index < -0.39 is 0 Å². The SMILES string of the molecule is CC(C)N1CCN(C(=O)c2cccnc2)CC1=O. The summed E-state index contributed by atoms with van der Waals surface area (Å²) in [6, 6.07) is 3.63. The van der Waals surface area contributed by atoms with E-state index in [0.29, 0.717) is 18.7 Å². The van der Waals surface area contributed by atoms with Crippen molar-refractivity contribution in [3.05, 3.63) is 30.1 Å². The molecular weight excluding hydrogens is 230 g/mol. The molecule has 1 saturated heterocycles. The van der Waals surface area contributed by atoms with E-state index in [1.165, 1.54) is 6.20 Å². The summed E-state index contributed by atoms with van der Waals surface area (Å²) in [6.07, 6.45) is 3.15. The van der Waals surface area contributed by atoms with Crippen LogP contribution in [0, 0.1) is 0 Å². The van der Waals surface area contributed by atoms with Gasteiger partial charge in [-0.05, 0) is 26.0 Å². The number of hydrogen-bond donors (Lipinski definition) is 0. The zero-order valence-electron chi connectivity index (χ0n) is 10.7. The first-order valence-corrected chi connectivity index (χ1v) is 6.08. The van der Waals surface area contributed by atoms with Crippen LogP contribution >= 0.6 is 0 Å². The molecule has 0 unspecified atom stereocenters. The lowest BCUT2D eigenvalue weighted by Gasteiger charge is -2.36. The number of piperazine rings is 1. The summed E-state index contributed by atoms with van der Waals surface area (Å²) in [5, 5.41) is 0. The van der Waals surface area contributed by atoms with Gasteiger partial charge in [-0.3, -0.25) is 14.6 Å². The zero-order chi connectivity index (χ0) is 13.1. The molecule has 1 aromatic heterocycles. The number of rotatable bonds is 2. The normalized spacial score (nSPS) is 16.3. The van der Waals surface area contributed by atoms with Crippen molar-refractivity contribution in [2.24, 2.45) is 0 Å². The minimum absolute atomic E-state index is 0.00786. The number of hydrogen-bond acceptors (Lipinski definition) is 3. The fourth-order valence-corrected chi connectivity index (χ4v) is 2.08.